The summed E-state index contributed by atoms with van der Waals surface area (Å²) >= 11 is 0. The second kappa shape index (κ2) is 4.44. The Bertz CT molecular complexity index is 437. The summed E-state index contributed by atoms with van der Waals surface area (Å²) in [5.74, 6) is -6.36. The van der Waals surface area contributed by atoms with Crippen LogP contribution in [0, 0.1) is 23.3 Å². The fraction of sp³-hybridized carbons (Fsp3) is 0.364. The van der Waals surface area contributed by atoms with Crippen molar-refractivity contribution in [3.05, 3.63) is 34.9 Å². The Kier molecular flexibility index (Phi) is 3.15. The molecule has 0 amide bonds. The molecule has 1 aromatic carbocycles. The number of halogens is 4. The van der Waals surface area contributed by atoms with Gasteiger partial charge in [0.15, 0.2) is 23.3 Å². The lowest BCUT2D eigenvalue weighted by molar-refractivity contribution is -0.109. The molecular weight excluding hydrogens is 238 g/mol. The van der Waals surface area contributed by atoms with Crippen molar-refractivity contribution >= 4 is 6.29 Å². The third-order valence-corrected chi connectivity index (χ3v) is 2.88. The molecule has 1 heterocycles. The van der Waals surface area contributed by atoms with E-state index >= 15 is 0 Å². The molecule has 1 saturated heterocycles. The summed E-state index contributed by atoms with van der Waals surface area (Å²) in [5, 5.41) is 2.70. The summed E-state index contributed by atoms with van der Waals surface area (Å²) in [7, 11) is 0. The lowest BCUT2D eigenvalue weighted by atomic mass is 9.95. The van der Waals surface area contributed by atoms with E-state index in [1.54, 1.807) is 0 Å². The smallest absolute Gasteiger partial charge is 0.165 e. The second-order valence-electron chi connectivity index (χ2n) is 3.97. The Balaban J connectivity index is 2.42. The molecule has 17 heavy (non-hydrogen) atoms. The molecule has 2 nitrogen and oxygen atoms in total. The highest BCUT2D eigenvalue weighted by molar-refractivity contribution is 5.58. The number of carbonyl (C=O) groups excluding carboxylic acids is 1. The van der Waals surface area contributed by atoms with E-state index in [0.717, 1.165) is 0 Å². The Morgan fingerprint density at radius 3 is 2.24 bits per heavy atom. The zero-order valence-corrected chi connectivity index (χ0v) is 8.64. The first-order chi connectivity index (χ1) is 8.04. The molecule has 2 atom stereocenters. The van der Waals surface area contributed by atoms with E-state index < -0.39 is 40.8 Å². The van der Waals surface area contributed by atoms with Gasteiger partial charge < -0.3 is 10.1 Å². The maximum atomic E-state index is 13.4. The van der Waals surface area contributed by atoms with Gasteiger partial charge in [-0.2, -0.15) is 0 Å². The molecule has 0 spiro atoms. The van der Waals surface area contributed by atoms with Crippen molar-refractivity contribution in [2.24, 2.45) is 0 Å². The predicted molar refractivity (Wildman–Crippen MR) is 51.5 cm³/mol. The first-order valence-electron chi connectivity index (χ1n) is 5.06. The van der Waals surface area contributed by atoms with Gasteiger partial charge in [0, 0.05) is 24.1 Å². The average Bonchev–Trinajstić information content (AvgIpc) is 2.75. The van der Waals surface area contributed by atoms with Gasteiger partial charge in [-0.1, -0.05) is 0 Å². The molecule has 1 aliphatic rings. The van der Waals surface area contributed by atoms with Crippen molar-refractivity contribution < 1.29 is 22.4 Å². The van der Waals surface area contributed by atoms with Crippen LogP contribution in [0.25, 0.3) is 0 Å². The van der Waals surface area contributed by atoms with Crippen LogP contribution in [0.4, 0.5) is 17.6 Å². The number of nitrogens with one attached hydrogen (secondary N) is 1. The fourth-order valence-corrected chi connectivity index (χ4v) is 2.04. The fourth-order valence-electron chi connectivity index (χ4n) is 2.04. The largest absolute Gasteiger partial charge is 0.307 e. The maximum Gasteiger partial charge on any atom is 0.165 e. The van der Waals surface area contributed by atoms with Crippen LogP contribution >= 0.6 is 0 Å². The van der Waals surface area contributed by atoms with Crippen LogP contribution in [0.15, 0.2) is 6.07 Å². The summed E-state index contributed by atoms with van der Waals surface area (Å²) in [6.45, 7) is 0.111. The van der Waals surface area contributed by atoms with Gasteiger partial charge in [-0.05, 0) is 6.42 Å². The van der Waals surface area contributed by atoms with E-state index in [1.165, 1.54) is 0 Å². The lowest BCUT2D eigenvalue weighted by Crippen LogP contribution is -2.22. The summed E-state index contributed by atoms with van der Waals surface area (Å²) in [5.41, 5.74) is -0.626. The Hall–Kier alpha value is -1.43. The zero-order chi connectivity index (χ0) is 12.6. The average molecular weight is 247 g/mol. The van der Waals surface area contributed by atoms with E-state index in [0.29, 0.717) is 6.29 Å². The highest BCUT2D eigenvalue weighted by Gasteiger charge is 2.32. The van der Waals surface area contributed by atoms with Crippen molar-refractivity contribution in [2.45, 2.75) is 18.4 Å². The molecule has 6 heteroatoms. The molecule has 0 aromatic heterocycles. The van der Waals surface area contributed by atoms with Crippen molar-refractivity contribution in [1.29, 1.82) is 0 Å². The quantitative estimate of drug-likeness (QED) is 0.491. The zero-order valence-electron chi connectivity index (χ0n) is 8.64. The predicted octanol–water partition coefficient (Wildman–Crippen LogP) is 1.89. The van der Waals surface area contributed by atoms with Crippen molar-refractivity contribution in [3.63, 3.8) is 0 Å². The van der Waals surface area contributed by atoms with Gasteiger partial charge in [0.05, 0.1) is 6.04 Å². The van der Waals surface area contributed by atoms with Crippen LogP contribution in [0.5, 0.6) is 0 Å². The highest BCUT2D eigenvalue weighted by atomic mass is 19.2. The summed E-state index contributed by atoms with van der Waals surface area (Å²) in [6.07, 6.45) is 0.728. The minimum Gasteiger partial charge on any atom is -0.307 e. The summed E-state index contributed by atoms with van der Waals surface area (Å²) in [6, 6.07) is -0.363. The SMILES string of the molecule is O=CC1CC(c2c(F)c(F)cc(F)c2F)CN1. The van der Waals surface area contributed by atoms with Crippen LogP contribution < -0.4 is 5.32 Å². The minimum absolute atomic E-state index is 0.111. The highest BCUT2D eigenvalue weighted by Crippen LogP contribution is 2.31. The first-order valence-corrected chi connectivity index (χ1v) is 5.06. The number of rotatable bonds is 2. The Labute approximate surface area is 94.6 Å². The monoisotopic (exact) mass is 247 g/mol. The topological polar surface area (TPSA) is 29.1 Å². The molecule has 1 aliphatic heterocycles. The van der Waals surface area contributed by atoms with Gasteiger partial charge in [-0.25, -0.2) is 17.6 Å². The van der Waals surface area contributed by atoms with Gasteiger partial charge in [0.2, 0.25) is 0 Å². The molecule has 0 aliphatic carbocycles. The van der Waals surface area contributed by atoms with Gasteiger partial charge in [-0.15, -0.1) is 0 Å². The number of carbonyl (C=O) groups is 1. The number of benzene rings is 1. The molecule has 1 N–H and O–H groups in total. The standard InChI is InChI=1S/C11H9F4NO/c12-7-2-8(13)11(15)9(10(7)14)5-1-6(4-17)16-3-5/h2,4-6,16H,1,3H2. The van der Waals surface area contributed by atoms with E-state index in [1.807, 2.05) is 0 Å². The minimum atomic E-state index is -1.42. The van der Waals surface area contributed by atoms with Crippen LogP contribution in [0.2, 0.25) is 0 Å². The molecule has 0 bridgehead atoms. The Morgan fingerprint density at radius 1 is 1.18 bits per heavy atom. The Morgan fingerprint density at radius 2 is 1.76 bits per heavy atom. The van der Waals surface area contributed by atoms with E-state index in [-0.39, 0.29) is 19.0 Å². The van der Waals surface area contributed by atoms with E-state index in [2.05, 4.69) is 5.32 Å². The van der Waals surface area contributed by atoms with Crippen molar-refractivity contribution in [2.75, 3.05) is 6.54 Å². The third kappa shape index (κ3) is 2.04. The molecule has 92 valence electrons. The van der Waals surface area contributed by atoms with Gasteiger partial charge >= 0.3 is 0 Å². The number of aldehydes is 1. The van der Waals surface area contributed by atoms with Crippen LogP contribution in [-0.2, 0) is 4.79 Å². The van der Waals surface area contributed by atoms with Gasteiger partial charge in [0.25, 0.3) is 0 Å². The van der Waals surface area contributed by atoms with Gasteiger partial charge in [0.1, 0.15) is 6.29 Å². The summed E-state index contributed by atoms with van der Waals surface area (Å²) < 4.78 is 52.8. The molecule has 2 rings (SSSR count). The molecule has 0 radical (unpaired) electrons. The van der Waals surface area contributed by atoms with Crippen LogP contribution in [0.3, 0.4) is 0 Å². The van der Waals surface area contributed by atoms with Crippen molar-refractivity contribution in [1.82, 2.24) is 5.32 Å². The molecule has 1 aromatic rings. The third-order valence-electron chi connectivity index (χ3n) is 2.88. The summed E-state index contributed by atoms with van der Waals surface area (Å²) in [4.78, 5) is 10.5. The number of hydrogen-bond donors (Lipinski definition) is 1. The van der Waals surface area contributed by atoms with Crippen molar-refractivity contribution in [3.8, 4) is 0 Å². The van der Waals surface area contributed by atoms with Gasteiger partial charge in [-0.3, -0.25) is 0 Å². The molecule has 2 unspecified atom stereocenters. The van der Waals surface area contributed by atoms with Crippen LogP contribution in [0.1, 0.15) is 17.9 Å². The van der Waals surface area contributed by atoms with E-state index in [9.17, 15) is 22.4 Å². The maximum absolute atomic E-state index is 13.4. The normalized spacial score (nSPS) is 24.0. The molecule has 1 fully saturated rings. The molecule has 0 saturated carbocycles. The second-order valence-corrected chi connectivity index (χ2v) is 3.97. The first kappa shape index (κ1) is 12.0. The van der Waals surface area contributed by atoms with E-state index in [4.69, 9.17) is 0 Å². The van der Waals surface area contributed by atoms with Crippen LogP contribution in [-0.4, -0.2) is 18.9 Å². The molecular formula is C11H9F4NO. The number of hydrogen-bond acceptors (Lipinski definition) is 2. The lowest BCUT2D eigenvalue weighted by Gasteiger charge is -2.12.